The van der Waals surface area contributed by atoms with E-state index in [1.54, 1.807) is 49.7 Å². The van der Waals surface area contributed by atoms with Crippen molar-refractivity contribution in [2.45, 2.75) is 0 Å². The number of methoxy groups -OCH3 is 1. The van der Waals surface area contributed by atoms with Gasteiger partial charge in [0.15, 0.2) is 12.4 Å². The van der Waals surface area contributed by atoms with Crippen LogP contribution in [0.2, 0.25) is 10.0 Å². The molecule has 0 unspecified atom stereocenters. The van der Waals surface area contributed by atoms with Crippen LogP contribution in [0.4, 0.5) is 5.69 Å². The molecule has 0 aliphatic heterocycles. The Morgan fingerprint density at radius 1 is 1.04 bits per heavy atom. The average Bonchev–Trinajstić information content (AvgIpc) is 2.70. The van der Waals surface area contributed by atoms with Gasteiger partial charge >= 0.3 is 0 Å². The first-order valence-corrected chi connectivity index (χ1v) is 9.22. The Hall–Kier alpha value is -2.54. The molecular formula is C20H18Cl2N2O4. The number of carbonyl (C=O) groups excluding carboxylic acids is 1. The van der Waals surface area contributed by atoms with Crippen LogP contribution >= 0.6 is 23.2 Å². The lowest BCUT2D eigenvalue weighted by Crippen LogP contribution is -2.21. The summed E-state index contributed by atoms with van der Waals surface area (Å²) in [5.41, 5.74) is 1.05. The first-order valence-electron chi connectivity index (χ1n) is 8.46. The van der Waals surface area contributed by atoms with Crippen LogP contribution in [-0.2, 0) is 9.53 Å². The summed E-state index contributed by atoms with van der Waals surface area (Å²) in [4.78, 5) is 16.7. The zero-order valence-corrected chi connectivity index (χ0v) is 16.6. The predicted molar refractivity (Wildman–Crippen MR) is 110 cm³/mol. The van der Waals surface area contributed by atoms with E-state index < -0.39 is 0 Å². The lowest BCUT2D eigenvalue weighted by molar-refractivity contribution is -0.118. The Kier molecular flexibility index (Phi) is 6.92. The molecule has 0 aliphatic rings. The Morgan fingerprint density at radius 2 is 1.89 bits per heavy atom. The molecule has 0 fully saturated rings. The molecule has 1 heterocycles. The number of amides is 1. The number of pyridine rings is 1. The van der Waals surface area contributed by atoms with Gasteiger partial charge in [0, 0.05) is 18.7 Å². The van der Waals surface area contributed by atoms with Gasteiger partial charge in [-0.1, -0.05) is 29.3 Å². The zero-order valence-electron chi connectivity index (χ0n) is 15.1. The van der Waals surface area contributed by atoms with Crippen LogP contribution in [0.1, 0.15) is 0 Å². The topological polar surface area (TPSA) is 69.7 Å². The fraction of sp³-hybridized carbons (Fsp3) is 0.200. The van der Waals surface area contributed by atoms with Crippen LogP contribution in [0.15, 0.2) is 48.7 Å². The average molecular weight is 421 g/mol. The molecule has 0 bridgehead atoms. The number of fused-ring (bicyclic) bond motifs is 1. The van der Waals surface area contributed by atoms with Crippen molar-refractivity contribution in [3.63, 3.8) is 0 Å². The van der Waals surface area contributed by atoms with Gasteiger partial charge in [0.2, 0.25) is 0 Å². The number of hydrogen-bond acceptors (Lipinski definition) is 5. The SMILES string of the molecule is COCCOc1c(Cl)cccc1NC(=O)COc1ccc(Cl)c2cccnc12. The van der Waals surface area contributed by atoms with Crippen LogP contribution < -0.4 is 14.8 Å². The quantitative estimate of drug-likeness (QED) is 0.539. The van der Waals surface area contributed by atoms with Gasteiger partial charge in [0.1, 0.15) is 17.9 Å². The monoisotopic (exact) mass is 420 g/mol. The number of halogens is 2. The maximum Gasteiger partial charge on any atom is 0.262 e. The molecule has 2 aromatic carbocycles. The second kappa shape index (κ2) is 9.59. The summed E-state index contributed by atoms with van der Waals surface area (Å²) in [5, 5.41) is 4.46. The van der Waals surface area contributed by atoms with Crippen LogP contribution in [0.5, 0.6) is 11.5 Å². The summed E-state index contributed by atoms with van der Waals surface area (Å²) in [7, 11) is 1.57. The summed E-state index contributed by atoms with van der Waals surface area (Å²) in [6.45, 7) is 0.498. The Morgan fingerprint density at radius 3 is 2.71 bits per heavy atom. The minimum atomic E-state index is -0.363. The van der Waals surface area contributed by atoms with Gasteiger partial charge in [-0.3, -0.25) is 9.78 Å². The minimum Gasteiger partial charge on any atom is -0.487 e. The smallest absolute Gasteiger partial charge is 0.262 e. The molecule has 0 atom stereocenters. The number of benzene rings is 2. The zero-order chi connectivity index (χ0) is 19.9. The fourth-order valence-corrected chi connectivity index (χ4v) is 2.98. The molecule has 0 saturated carbocycles. The van der Waals surface area contributed by atoms with E-state index in [4.69, 9.17) is 37.4 Å². The van der Waals surface area contributed by atoms with E-state index in [0.29, 0.717) is 46.0 Å². The van der Waals surface area contributed by atoms with Crippen LogP contribution in [0, 0.1) is 0 Å². The molecule has 6 nitrogen and oxygen atoms in total. The van der Waals surface area contributed by atoms with Gasteiger partial charge in [0.25, 0.3) is 5.91 Å². The molecule has 8 heteroatoms. The van der Waals surface area contributed by atoms with E-state index in [1.807, 2.05) is 6.07 Å². The molecule has 3 rings (SSSR count). The highest BCUT2D eigenvalue weighted by molar-refractivity contribution is 6.35. The number of para-hydroxylation sites is 1. The number of aromatic nitrogens is 1. The third-order valence-corrected chi connectivity index (χ3v) is 4.44. The number of hydrogen-bond donors (Lipinski definition) is 1. The molecule has 1 N–H and O–H groups in total. The van der Waals surface area contributed by atoms with Gasteiger partial charge in [0.05, 0.1) is 22.3 Å². The lowest BCUT2D eigenvalue weighted by atomic mass is 10.2. The molecular weight excluding hydrogens is 403 g/mol. The van der Waals surface area contributed by atoms with E-state index in [-0.39, 0.29) is 12.5 Å². The van der Waals surface area contributed by atoms with Gasteiger partial charge in [-0.05, 0) is 36.4 Å². The largest absolute Gasteiger partial charge is 0.487 e. The summed E-state index contributed by atoms with van der Waals surface area (Å²) < 4.78 is 16.2. The molecule has 1 aromatic heterocycles. The van der Waals surface area contributed by atoms with Gasteiger partial charge < -0.3 is 19.5 Å². The van der Waals surface area contributed by atoms with Crippen molar-refractivity contribution >= 4 is 45.7 Å². The number of nitrogens with zero attached hydrogens (tertiary/aromatic N) is 1. The predicted octanol–water partition coefficient (Wildman–Crippen LogP) is 4.58. The van der Waals surface area contributed by atoms with E-state index in [2.05, 4.69) is 10.3 Å². The van der Waals surface area contributed by atoms with E-state index in [1.165, 1.54) is 0 Å². The molecule has 0 radical (unpaired) electrons. The van der Waals surface area contributed by atoms with Crippen molar-refractivity contribution in [3.05, 3.63) is 58.7 Å². The maximum atomic E-state index is 12.4. The van der Waals surface area contributed by atoms with E-state index >= 15 is 0 Å². The highest BCUT2D eigenvalue weighted by Crippen LogP contribution is 2.33. The number of anilines is 1. The molecule has 28 heavy (non-hydrogen) atoms. The van der Waals surface area contributed by atoms with E-state index in [9.17, 15) is 4.79 Å². The van der Waals surface area contributed by atoms with Crippen molar-refractivity contribution in [1.29, 1.82) is 0 Å². The van der Waals surface area contributed by atoms with Gasteiger partial charge in [-0.2, -0.15) is 0 Å². The third-order valence-electron chi connectivity index (χ3n) is 3.81. The van der Waals surface area contributed by atoms with Crippen LogP contribution in [0.25, 0.3) is 10.9 Å². The Bertz CT molecular complexity index is 982. The first-order chi connectivity index (χ1) is 13.6. The van der Waals surface area contributed by atoms with Crippen LogP contribution in [-0.4, -0.2) is 37.8 Å². The second-order valence-electron chi connectivity index (χ2n) is 5.74. The Labute approximate surface area is 172 Å². The normalized spacial score (nSPS) is 10.7. The molecule has 0 spiro atoms. The number of nitrogens with one attached hydrogen (secondary N) is 1. The van der Waals surface area contributed by atoms with Gasteiger partial charge in [-0.25, -0.2) is 0 Å². The van der Waals surface area contributed by atoms with Crippen molar-refractivity contribution < 1.29 is 19.0 Å². The second-order valence-corrected chi connectivity index (χ2v) is 6.55. The number of ether oxygens (including phenoxy) is 3. The third kappa shape index (κ3) is 4.84. The summed E-state index contributed by atoms with van der Waals surface area (Å²) in [5.74, 6) is 0.490. The number of carbonyl (C=O) groups is 1. The van der Waals surface area contributed by atoms with Gasteiger partial charge in [-0.15, -0.1) is 0 Å². The van der Waals surface area contributed by atoms with Crippen LogP contribution in [0.3, 0.4) is 0 Å². The van der Waals surface area contributed by atoms with Crippen molar-refractivity contribution in [3.8, 4) is 11.5 Å². The van der Waals surface area contributed by atoms with E-state index in [0.717, 1.165) is 5.39 Å². The molecule has 0 aliphatic carbocycles. The summed E-state index contributed by atoms with van der Waals surface area (Å²) in [6.07, 6.45) is 1.64. The highest BCUT2D eigenvalue weighted by Gasteiger charge is 2.13. The lowest BCUT2D eigenvalue weighted by Gasteiger charge is -2.14. The Balaban J connectivity index is 1.69. The summed E-state index contributed by atoms with van der Waals surface area (Å²) >= 11 is 12.3. The molecule has 0 saturated heterocycles. The first kappa shape index (κ1) is 20.2. The summed E-state index contributed by atoms with van der Waals surface area (Å²) in [6, 6.07) is 12.1. The molecule has 1 amide bonds. The standard InChI is InChI=1S/C20H18Cl2N2O4/c1-26-10-11-27-20-15(22)5-2-6-16(20)24-18(25)12-28-17-8-7-14(21)13-4-3-9-23-19(13)17/h2-9H,10-12H2,1H3,(H,24,25). The maximum absolute atomic E-state index is 12.4. The highest BCUT2D eigenvalue weighted by atomic mass is 35.5. The van der Waals surface area contributed by atoms with Crippen molar-refractivity contribution in [1.82, 2.24) is 4.98 Å². The van der Waals surface area contributed by atoms with Crippen molar-refractivity contribution in [2.24, 2.45) is 0 Å². The van der Waals surface area contributed by atoms with Crippen molar-refractivity contribution in [2.75, 3.05) is 32.2 Å². The molecule has 146 valence electrons. The molecule has 3 aromatic rings. The minimum absolute atomic E-state index is 0.211. The number of rotatable bonds is 8. The fourth-order valence-electron chi connectivity index (χ4n) is 2.54.